The van der Waals surface area contributed by atoms with Gasteiger partial charge in [-0.15, -0.1) is 12.4 Å². The first-order chi connectivity index (χ1) is 9.88. The van der Waals surface area contributed by atoms with Gasteiger partial charge < -0.3 is 10.6 Å². The number of halogens is 1. The van der Waals surface area contributed by atoms with Crippen molar-refractivity contribution >= 4 is 18.3 Å². The van der Waals surface area contributed by atoms with Gasteiger partial charge in [-0.3, -0.25) is 9.69 Å². The van der Waals surface area contributed by atoms with Gasteiger partial charge in [-0.2, -0.15) is 0 Å². The molecule has 1 aromatic carbocycles. The number of carbonyl (C=O) groups excluding carboxylic acids is 1. The van der Waals surface area contributed by atoms with Crippen LogP contribution in [0, 0.1) is 5.41 Å². The SMILES string of the molecule is CN(Cc1ccccc1)C(=O)CN1CCC(N)C(C)(C)C1.Cl. The molecule has 0 spiro atoms. The number of likely N-dealkylation sites (N-methyl/N-ethyl adjacent to an activating group) is 1. The van der Waals surface area contributed by atoms with E-state index in [9.17, 15) is 4.79 Å². The minimum absolute atomic E-state index is 0. The molecule has 1 amide bonds. The van der Waals surface area contributed by atoms with Gasteiger partial charge in [0.2, 0.25) is 5.91 Å². The predicted octanol–water partition coefficient (Wildman–Crippen LogP) is 2.13. The minimum Gasteiger partial charge on any atom is -0.340 e. The van der Waals surface area contributed by atoms with E-state index in [2.05, 4.69) is 18.7 Å². The molecule has 0 saturated carbocycles. The Morgan fingerprint density at radius 3 is 2.59 bits per heavy atom. The Kier molecular flexibility index (Phi) is 6.85. The molecule has 0 bridgehead atoms. The number of rotatable bonds is 4. The summed E-state index contributed by atoms with van der Waals surface area (Å²) in [6.07, 6.45) is 0.961. The van der Waals surface area contributed by atoms with Crippen LogP contribution < -0.4 is 5.73 Å². The van der Waals surface area contributed by atoms with Crippen molar-refractivity contribution in [1.29, 1.82) is 0 Å². The van der Waals surface area contributed by atoms with Crippen LogP contribution in [-0.2, 0) is 11.3 Å². The third-order valence-electron chi connectivity index (χ3n) is 4.44. The summed E-state index contributed by atoms with van der Waals surface area (Å²) in [7, 11) is 1.87. The summed E-state index contributed by atoms with van der Waals surface area (Å²) in [6.45, 7) is 7.31. The van der Waals surface area contributed by atoms with E-state index in [1.54, 1.807) is 4.90 Å². The zero-order chi connectivity index (χ0) is 15.5. The lowest BCUT2D eigenvalue weighted by Gasteiger charge is -2.42. The number of nitrogens with zero attached hydrogens (tertiary/aromatic N) is 2. The first-order valence-electron chi connectivity index (χ1n) is 7.64. The highest BCUT2D eigenvalue weighted by Crippen LogP contribution is 2.27. The molecule has 1 aromatic rings. The van der Waals surface area contributed by atoms with Gasteiger partial charge in [0.05, 0.1) is 6.54 Å². The van der Waals surface area contributed by atoms with Crippen LogP contribution in [0.25, 0.3) is 0 Å². The van der Waals surface area contributed by atoms with Crippen molar-refractivity contribution in [2.45, 2.75) is 32.9 Å². The quantitative estimate of drug-likeness (QED) is 0.922. The van der Waals surface area contributed by atoms with E-state index >= 15 is 0 Å². The van der Waals surface area contributed by atoms with Gasteiger partial charge in [0.25, 0.3) is 0 Å². The highest BCUT2D eigenvalue weighted by molar-refractivity contribution is 5.85. The Hall–Kier alpha value is -1.10. The van der Waals surface area contributed by atoms with E-state index in [1.165, 1.54) is 0 Å². The number of piperidine rings is 1. The minimum atomic E-state index is 0. The van der Waals surface area contributed by atoms with Crippen LogP contribution in [0.1, 0.15) is 25.8 Å². The number of hydrogen-bond donors (Lipinski definition) is 1. The lowest BCUT2D eigenvalue weighted by atomic mass is 9.80. The Balaban J connectivity index is 0.00000242. The van der Waals surface area contributed by atoms with Gasteiger partial charge in [-0.05, 0) is 17.4 Å². The molecule has 1 fully saturated rings. The Morgan fingerprint density at radius 1 is 1.36 bits per heavy atom. The van der Waals surface area contributed by atoms with Crippen molar-refractivity contribution in [3.8, 4) is 0 Å². The average molecular weight is 326 g/mol. The van der Waals surface area contributed by atoms with E-state index in [0.29, 0.717) is 13.1 Å². The maximum Gasteiger partial charge on any atom is 0.236 e. The lowest BCUT2D eigenvalue weighted by Crippen LogP contribution is -2.54. The molecule has 2 N–H and O–H groups in total. The summed E-state index contributed by atoms with van der Waals surface area (Å²) in [5.41, 5.74) is 7.39. The van der Waals surface area contributed by atoms with Crippen molar-refractivity contribution in [3.63, 3.8) is 0 Å². The van der Waals surface area contributed by atoms with Crippen molar-refractivity contribution in [1.82, 2.24) is 9.80 Å². The number of carbonyl (C=O) groups is 1. The van der Waals surface area contributed by atoms with Crippen LogP contribution in [0.15, 0.2) is 30.3 Å². The molecule has 1 unspecified atom stereocenters. The van der Waals surface area contributed by atoms with Crippen LogP contribution in [0.3, 0.4) is 0 Å². The lowest BCUT2D eigenvalue weighted by molar-refractivity contribution is -0.132. The maximum absolute atomic E-state index is 12.4. The van der Waals surface area contributed by atoms with Crippen molar-refractivity contribution in [3.05, 3.63) is 35.9 Å². The van der Waals surface area contributed by atoms with Gasteiger partial charge in [-0.1, -0.05) is 44.2 Å². The largest absolute Gasteiger partial charge is 0.340 e. The molecule has 1 atom stereocenters. The average Bonchev–Trinajstić information content (AvgIpc) is 2.43. The first kappa shape index (κ1) is 18.9. The smallest absolute Gasteiger partial charge is 0.236 e. The third kappa shape index (κ3) is 4.97. The molecular formula is C17H28ClN3O. The van der Waals surface area contributed by atoms with Crippen LogP contribution in [-0.4, -0.2) is 48.4 Å². The van der Waals surface area contributed by atoms with E-state index in [0.717, 1.165) is 25.1 Å². The standard InChI is InChI=1S/C17H27N3O.ClH/c1-17(2)13-20(10-9-15(17)18)12-16(21)19(3)11-14-7-5-4-6-8-14;/h4-8,15H,9-13,18H2,1-3H3;1H. The third-order valence-corrected chi connectivity index (χ3v) is 4.44. The molecule has 1 heterocycles. The summed E-state index contributed by atoms with van der Waals surface area (Å²) in [6, 6.07) is 10.3. The Labute approximate surface area is 140 Å². The van der Waals surface area contributed by atoms with Crippen LogP contribution in [0.4, 0.5) is 0 Å². The highest BCUT2D eigenvalue weighted by Gasteiger charge is 2.34. The number of hydrogen-bond acceptors (Lipinski definition) is 3. The summed E-state index contributed by atoms with van der Waals surface area (Å²) in [5, 5.41) is 0. The molecule has 1 saturated heterocycles. The van der Waals surface area contributed by atoms with E-state index < -0.39 is 0 Å². The van der Waals surface area contributed by atoms with Crippen molar-refractivity contribution in [2.75, 3.05) is 26.7 Å². The fourth-order valence-corrected chi connectivity index (χ4v) is 2.88. The number of likely N-dealkylation sites (tertiary alicyclic amines) is 1. The molecule has 22 heavy (non-hydrogen) atoms. The molecule has 0 aliphatic carbocycles. The number of benzene rings is 1. The summed E-state index contributed by atoms with van der Waals surface area (Å²) in [5.74, 6) is 0.171. The fraction of sp³-hybridized carbons (Fsp3) is 0.588. The molecule has 124 valence electrons. The second-order valence-corrected chi connectivity index (χ2v) is 6.83. The van der Waals surface area contributed by atoms with Gasteiger partial charge in [0.1, 0.15) is 0 Å². The molecule has 1 aliphatic rings. The first-order valence-corrected chi connectivity index (χ1v) is 7.64. The van der Waals surface area contributed by atoms with Gasteiger partial charge in [0.15, 0.2) is 0 Å². The number of nitrogens with two attached hydrogens (primary N) is 1. The zero-order valence-corrected chi connectivity index (χ0v) is 14.6. The normalized spacial score (nSPS) is 21.0. The van der Waals surface area contributed by atoms with Gasteiger partial charge >= 0.3 is 0 Å². The van der Waals surface area contributed by atoms with Crippen LogP contribution in [0.2, 0.25) is 0 Å². The Bertz CT molecular complexity index is 478. The second kappa shape index (κ2) is 7.95. The predicted molar refractivity (Wildman–Crippen MR) is 93.0 cm³/mol. The van der Waals surface area contributed by atoms with E-state index in [-0.39, 0.29) is 29.8 Å². The monoisotopic (exact) mass is 325 g/mol. The van der Waals surface area contributed by atoms with Crippen molar-refractivity contribution < 1.29 is 4.79 Å². The topological polar surface area (TPSA) is 49.6 Å². The zero-order valence-electron chi connectivity index (χ0n) is 13.8. The molecule has 4 nitrogen and oxygen atoms in total. The molecular weight excluding hydrogens is 298 g/mol. The molecule has 5 heteroatoms. The summed E-state index contributed by atoms with van der Waals surface area (Å²) >= 11 is 0. The van der Waals surface area contributed by atoms with Gasteiger partial charge in [0, 0.05) is 32.7 Å². The molecule has 2 rings (SSSR count). The van der Waals surface area contributed by atoms with Crippen LogP contribution >= 0.6 is 12.4 Å². The second-order valence-electron chi connectivity index (χ2n) is 6.83. The maximum atomic E-state index is 12.4. The van der Waals surface area contributed by atoms with Gasteiger partial charge in [-0.25, -0.2) is 0 Å². The molecule has 0 radical (unpaired) electrons. The van der Waals surface area contributed by atoms with Crippen LogP contribution in [0.5, 0.6) is 0 Å². The number of amides is 1. The highest BCUT2D eigenvalue weighted by atomic mass is 35.5. The van der Waals surface area contributed by atoms with E-state index in [1.807, 2.05) is 37.4 Å². The van der Waals surface area contributed by atoms with Crippen molar-refractivity contribution in [2.24, 2.45) is 11.1 Å². The Morgan fingerprint density at radius 2 is 2.00 bits per heavy atom. The summed E-state index contributed by atoms with van der Waals surface area (Å²) < 4.78 is 0. The fourth-order valence-electron chi connectivity index (χ4n) is 2.88. The molecule has 1 aliphatic heterocycles. The van der Waals surface area contributed by atoms with E-state index in [4.69, 9.17) is 5.73 Å². The summed E-state index contributed by atoms with van der Waals surface area (Å²) in [4.78, 5) is 16.4. The molecule has 0 aromatic heterocycles.